The van der Waals surface area contributed by atoms with E-state index in [4.69, 9.17) is 23.7 Å². The van der Waals surface area contributed by atoms with E-state index in [1.54, 1.807) is 0 Å². The standard InChI is InChI=1S/C45H85NO9/c1-6-11-14-17-18-19-20-21-24-25-29-41(55-45(50)52-36-28-35-46(9-4)10-5)34-37-51-44(49)33-32-40(38-53-42(47)30-26-22-15-12-7-2)39-54-43(48)31-27-23-16-13-8-3/h40-41H,6-39H2,1-5H3. The van der Waals surface area contributed by atoms with Gasteiger partial charge in [0, 0.05) is 38.1 Å². The molecular formula is C45H85NO9. The van der Waals surface area contributed by atoms with E-state index in [0.29, 0.717) is 38.7 Å². The van der Waals surface area contributed by atoms with Gasteiger partial charge in [0.2, 0.25) is 0 Å². The van der Waals surface area contributed by atoms with Gasteiger partial charge in [0.05, 0.1) is 26.4 Å². The Morgan fingerprint density at radius 3 is 1.38 bits per heavy atom. The van der Waals surface area contributed by atoms with Crippen LogP contribution in [0.15, 0.2) is 0 Å². The van der Waals surface area contributed by atoms with Gasteiger partial charge in [0.25, 0.3) is 0 Å². The van der Waals surface area contributed by atoms with Gasteiger partial charge in [-0.25, -0.2) is 4.79 Å². The van der Waals surface area contributed by atoms with Gasteiger partial charge in [-0.1, -0.05) is 144 Å². The molecule has 0 aliphatic heterocycles. The van der Waals surface area contributed by atoms with E-state index in [9.17, 15) is 19.2 Å². The molecule has 10 nitrogen and oxygen atoms in total. The van der Waals surface area contributed by atoms with Crippen molar-refractivity contribution in [2.45, 2.75) is 214 Å². The zero-order valence-corrected chi connectivity index (χ0v) is 36.3. The van der Waals surface area contributed by atoms with Crippen LogP contribution < -0.4 is 0 Å². The fraction of sp³-hybridized carbons (Fsp3) is 0.911. The Labute approximate surface area is 337 Å². The molecule has 0 radical (unpaired) electrons. The molecule has 1 unspecified atom stereocenters. The van der Waals surface area contributed by atoms with Crippen LogP contribution in [0.5, 0.6) is 0 Å². The van der Waals surface area contributed by atoms with Gasteiger partial charge in [-0.15, -0.1) is 0 Å². The lowest BCUT2D eigenvalue weighted by Crippen LogP contribution is -2.26. The molecule has 1 atom stereocenters. The van der Waals surface area contributed by atoms with Gasteiger partial charge < -0.3 is 28.6 Å². The predicted octanol–water partition coefficient (Wildman–Crippen LogP) is 11.7. The first-order chi connectivity index (χ1) is 26.8. The molecule has 10 heteroatoms. The van der Waals surface area contributed by atoms with E-state index in [-0.39, 0.29) is 50.1 Å². The number of esters is 3. The Kier molecular flexibility index (Phi) is 38.1. The van der Waals surface area contributed by atoms with Crippen LogP contribution in [0, 0.1) is 5.92 Å². The first-order valence-electron chi connectivity index (χ1n) is 22.8. The van der Waals surface area contributed by atoms with E-state index in [1.807, 2.05) is 0 Å². The number of carbonyl (C=O) groups is 4. The average Bonchev–Trinajstić information content (AvgIpc) is 3.18. The van der Waals surface area contributed by atoms with Crippen LogP contribution in [0.25, 0.3) is 0 Å². The molecule has 0 heterocycles. The number of nitrogens with zero attached hydrogens (tertiary/aromatic N) is 1. The van der Waals surface area contributed by atoms with Gasteiger partial charge >= 0.3 is 24.1 Å². The van der Waals surface area contributed by atoms with Crippen molar-refractivity contribution in [3.63, 3.8) is 0 Å². The molecule has 0 aromatic heterocycles. The minimum absolute atomic E-state index is 0.0939. The van der Waals surface area contributed by atoms with Crippen molar-refractivity contribution < 1.29 is 42.9 Å². The average molecular weight is 784 g/mol. The fourth-order valence-electron chi connectivity index (χ4n) is 6.50. The second-order valence-electron chi connectivity index (χ2n) is 15.3. The van der Waals surface area contributed by atoms with Crippen molar-refractivity contribution in [3.05, 3.63) is 0 Å². The number of hydrogen-bond acceptors (Lipinski definition) is 10. The zero-order valence-electron chi connectivity index (χ0n) is 36.3. The van der Waals surface area contributed by atoms with Crippen molar-refractivity contribution in [2.75, 3.05) is 46.1 Å². The number of ether oxygens (including phenoxy) is 5. The monoisotopic (exact) mass is 784 g/mol. The Morgan fingerprint density at radius 1 is 0.436 bits per heavy atom. The molecule has 0 N–H and O–H groups in total. The lowest BCUT2D eigenvalue weighted by Gasteiger charge is -2.19. The molecule has 0 aromatic rings. The lowest BCUT2D eigenvalue weighted by atomic mass is 10.0. The molecule has 0 rings (SSSR count). The summed E-state index contributed by atoms with van der Waals surface area (Å²) in [6.07, 6.45) is 24.6. The van der Waals surface area contributed by atoms with Crippen LogP contribution >= 0.6 is 0 Å². The summed E-state index contributed by atoms with van der Waals surface area (Å²) in [5.74, 6) is -1.21. The summed E-state index contributed by atoms with van der Waals surface area (Å²) in [7, 11) is 0. The van der Waals surface area contributed by atoms with Crippen LogP contribution in [0.2, 0.25) is 0 Å². The molecule has 0 aliphatic rings. The Bertz CT molecular complexity index is 881. The van der Waals surface area contributed by atoms with Crippen molar-refractivity contribution >= 4 is 24.1 Å². The SMILES string of the molecule is CCCCCCCCCCCCC(CCOC(=O)CCC(COC(=O)CCCCCCC)COC(=O)CCCCCCC)OC(=O)OCCCN(CC)CC. The van der Waals surface area contributed by atoms with Gasteiger partial charge in [0.1, 0.15) is 6.10 Å². The maximum atomic E-state index is 12.8. The third kappa shape index (κ3) is 35.8. The van der Waals surface area contributed by atoms with Crippen LogP contribution in [0.3, 0.4) is 0 Å². The molecule has 0 amide bonds. The topological polar surface area (TPSA) is 118 Å². The molecule has 55 heavy (non-hydrogen) atoms. The highest BCUT2D eigenvalue weighted by Crippen LogP contribution is 2.17. The van der Waals surface area contributed by atoms with Crippen LogP contribution in [0.1, 0.15) is 208 Å². The summed E-state index contributed by atoms with van der Waals surface area (Å²) in [5.41, 5.74) is 0. The summed E-state index contributed by atoms with van der Waals surface area (Å²) in [6.45, 7) is 14.2. The third-order valence-corrected chi connectivity index (χ3v) is 10.3. The Morgan fingerprint density at radius 2 is 0.891 bits per heavy atom. The molecule has 324 valence electrons. The highest BCUT2D eigenvalue weighted by molar-refractivity contribution is 5.70. The third-order valence-electron chi connectivity index (χ3n) is 10.3. The minimum atomic E-state index is -0.670. The number of rotatable bonds is 40. The summed E-state index contributed by atoms with van der Waals surface area (Å²) in [5, 5.41) is 0. The van der Waals surface area contributed by atoms with Gasteiger partial charge in [0.15, 0.2) is 0 Å². The number of hydrogen-bond donors (Lipinski definition) is 0. The number of carbonyl (C=O) groups excluding carboxylic acids is 4. The molecule has 0 saturated heterocycles. The highest BCUT2D eigenvalue weighted by Gasteiger charge is 2.20. The largest absolute Gasteiger partial charge is 0.508 e. The van der Waals surface area contributed by atoms with E-state index in [0.717, 1.165) is 110 Å². The van der Waals surface area contributed by atoms with Crippen molar-refractivity contribution in [1.29, 1.82) is 0 Å². The van der Waals surface area contributed by atoms with Crippen LogP contribution in [-0.2, 0) is 38.1 Å². The zero-order chi connectivity index (χ0) is 40.6. The number of unbranched alkanes of at least 4 members (excludes halogenated alkanes) is 17. The Balaban J connectivity index is 4.93. The van der Waals surface area contributed by atoms with Gasteiger partial charge in [-0.2, -0.15) is 0 Å². The maximum absolute atomic E-state index is 12.8. The summed E-state index contributed by atoms with van der Waals surface area (Å²) >= 11 is 0. The molecule has 0 bridgehead atoms. The normalized spacial score (nSPS) is 11.8. The molecule has 0 aliphatic carbocycles. The molecule has 0 saturated carbocycles. The second kappa shape index (κ2) is 39.9. The van der Waals surface area contributed by atoms with Crippen LogP contribution in [0.4, 0.5) is 4.79 Å². The highest BCUT2D eigenvalue weighted by atomic mass is 16.7. The van der Waals surface area contributed by atoms with Crippen LogP contribution in [-0.4, -0.2) is 81.1 Å². The summed E-state index contributed by atoms with van der Waals surface area (Å²) < 4.78 is 27.8. The maximum Gasteiger partial charge on any atom is 0.508 e. The predicted molar refractivity (Wildman–Crippen MR) is 222 cm³/mol. The quantitative estimate of drug-likeness (QED) is 0.0337. The molecular weight excluding hydrogens is 698 g/mol. The van der Waals surface area contributed by atoms with Crippen molar-refractivity contribution in [3.8, 4) is 0 Å². The van der Waals surface area contributed by atoms with E-state index in [2.05, 4.69) is 39.5 Å². The first-order valence-corrected chi connectivity index (χ1v) is 22.8. The van der Waals surface area contributed by atoms with E-state index >= 15 is 0 Å². The fourth-order valence-corrected chi connectivity index (χ4v) is 6.50. The second-order valence-corrected chi connectivity index (χ2v) is 15.3. The molecule has 0 aromatic carbocycles. The lowest BCUT2D eigenvalue weighted by molar-refractivity contribution is -0.149. The molecule has 0 fully saturated rings. The molecule has 0 spiro atoms. The van der Waals surface area contributed by atoms with Gasteiger partial charge in [-0.05, 0) is 51.6 Å². The van der Waals surface area contributed by atoms with Crippen molar-refractivity contribution in [2.24, 2.45) is 5.92 Å². The van der Waals surface area contributed by atoms with E-state index in [1.165, 1.54) is 44.9 Å². The smallest absolute Gasteiger partial charge is 0.466 e. The minimum Gasteiger partial charge on any atom is -0.466 e. The van der Waals surface area contributed by atoms with E-state index < -0.39 is 12.3 Å². The van der Waals surface area contributed by atoms with Gasteiger partial charge in [-0.3, -0.25) is 14.4 Å². The Hall–Kier alpha value is -2.36. The summed E-state index contributed by atoms with van der Waals surface area (Å²) in [4.78, 5) is 52.5. The first kappa shape index (κ1) is 52.6. The van der Waals surface area contributed by atoms with Crippen molar-refractivity contribution in [1.82, 2.24) is 4.90 Å². The summed E-state index contributed by atoms with van der Waals surface area (Å²) in [6, 6.07) is 0.